The lowest BCUT2D eigenvalue weighted by Gasteiger charge is -2.41. The molecule has 0 aliphatic heterocycles. The lowest BCUT2D eigenvalue weighted by Crippen LogP contribution is -2.54. The predicted molar refractivity (Wildman–Crippen MR) is 62.3 cm³/mol. The number of hydrogen-bond acceptors (Lipinski definition) is 3. The van der Waals surface area contributed by atoms with E-state index in [0.717, 1.165) is 6.29 Å². The van der Waals surface area contributed by atoms with Gasteiger partial charge in [0.1, 0.15) is 6.29 Å². The van der Waals surface area contributed by atoms with Crippen molar-refractivity contribution < 1.29 is 14.7 Å². The van der Waals surface area contributed by atoms with Crippen molar-refractivity contribution in [1.29, 1.82) is 0 Å². The molecule has 0 aliphatic carbocycles. The Morgan fingerprint density at radius 1 is 1.50 bits per heavy atom. The number of carbonyl (C=O) groups excluding carboxylic acids is 1. The lowest BCUT2D eigenvalue weighted by atomic mass is 9.93. The normalized spacial score (nSPS) is 15.3. The van der Waals surface area contributed by atoms with E-state index < -0.39 is 11.6 Å². The first-order valence-corrected chi connectivity index (χ1v) is 5.41. The zero-order valence-electron chi connectivity index (χ0n) is 10.4. The number of carbonyl (C=O) groups is 2. The first kappa shape index (κ1) is 14.9. The smallest absolute Gasteiger partial charge is 0.408 e. The summed E-state index contributed by atoms with van der Waals surface area (Å²) in [5, 5.41) is 9.22. The van der Waals surface area contributed by atoms with Gasteiger partial charge in [0.15, 0.2) is 0 Å². The summed E-state index contributed by atoms with van der Waals surface area (Å²) in [6.45, 7) is 7.64. The molecule has 0 fully saturated rings. The van der Waals surface area contributed by atoms with Crippen LogP contribution in [0.3, 0.4) is 0 Å². The summed E-state index contributed by atoms with van der Waals surface area (Å²) in [7, 11) is 0. The molecule has 0 rings (SSSR count). The Balaban J connectivity index is 5.10. The first-order chi connectivity index (χ1) is 7.25. The average Bonchev–Trinajstić information content (AvgIpc) is 2.13. The highest BCUT2D eigenvalue weighted by molar-refractivity contribution is 5.67. The number of nitrogens with zero attached hydrogens (tertiary/aromatic N) is 1. The zero-order valence-corrected chi connectivity index (χ0v) is 10.4. The van der Waals surface area contributed by atoms with Gasteiger partial charge in [-0.15, -0.1) is 0 Å². The van der Waals surface area contributed by atoms with Crippen molar-refractivity contribution in [1.82, 2.24) is 4.90 Å². The molecule has 0 spiro atoms. The highest BCUT2D eigenvalue weighted by Gasteiger charge is 2.35. The van der Waals surface area contributed by atoms with Crippen LogP contribution in [0.1, 0.15) is 34.1 Å². The average molecular weight is 230 g/mol. The quantitative estimate of drug-likeness (QED) is 0.698. The van der Waals surface area contributed by atoms with E-state index >= 15 is 0 Å². The van der Waals surface area contributed by atoms with Crippen LogP contribution in [-0.2, 0) is 4.79 Å². The Morgan fingerprint density at radius 3 is 2.25 bits per heavy atom. The molecule has 0 aromatic rings. The van der Waals surface area contributed by atoms with Crippen LogP contribution >= 0.6 is 0 Å². The minimum atomic E-state index is -1.01. The fraction of sp³-hybridized carbons (Fsp3) is 0.818. The van der Waals surface area contributed by atoms with E-state index in [1.165, 1.54) is 4.90 Å². The van der Waals surface area contributed by atoms with Crippen LogP contribution in [0.25, 0.3) is 0 Å². The fourth-order valence-electron chi connectivity index (χ4n) is 1.77. The molecule has 3 N–H and O–H groups in total. The SMILES string of the molecule is C[C@H](CN)[C@H](CC=O)N(C(=O)O)C(C)(C)C. The Hall–Kier alpha value is -1.10. The van der Waals surface area contributed by atoms with Gasteiger partial charge in [-0.3, -0.25) is 4.90 Å². The molecule has 94 valence electrons. The van der Waals surface area contributed by atoms with E-state index in [4.69, 9.17) is 5.73 Å². The summed E-state index contributed by atoms with van der Waals surface area (Å²) < 4.78 is 0. The van der Waals surface area contributed by atoms with Crippen LogP contribution in [0.4, 0.5) is 4.79 Å². The van der Waals surface area contributed by atoms with E-state index in [0.29, 0.717) is 6.54 Å². The standard InChI is InChI=1S/C11H22N2O3/c1-8(7-12)9(5-6-14)13(10(15)16)11(2,3)4/h6,8-9H,5,7,12H2,1-4H3,(H,15,16)/t8-,9+/m1/s1. The van der Waals surface area contributed by atoms with E-state index in [2.05, 4.69) is 0 Å². The van der Waals surface area contributed by atoms with Crippen LogP contribution in [0, 0.1) is 5.92 Å². The molecule has 0 aromatic heterocycles. The number of rotatable bonds is 5. The Morgan fingerprint density at radius 2 is 2.00 bits per heavy atom. The maximum absolute atomic E-state index is 11.3. The molecule has 0 bridgehead atoms. The summed E-state index contributed by atoms with van der Waals surface area (Å²) in [6, 6.07) is -0.361. The van der Waals surface area contributed by atoms with Crippen molar-refractivity contribution in [2.75, 3.05) is 6.54 Å². The molecule has 0 aliphatic rings. The molecule has 5 heteroatoms. The second kappa shape index (κ2) is 5.84. The summed E-state index contributed by atoms with van der Waals surface area (Å²) in [4.78, 5) is 23.2. The predicted octanol–water partition coefficient (Wildman–Crippen LogP) is 1.32. The maximum atomic E-state index is 11.3. The van der Waals surface area contributed by atoms with Gasteiger partial charge in [0.25, 0.3) is 0 Å². The number of amides is 1. The van der Waals surface area contributed by atoms with Crippen molar-refractivity contribution >= 4 is 12.4 Å². The molecule has 0 radical (unpaired) electrons. The van der Waals surface area contributed by atoms with Gasteiger partial charge >= 0.3 is 6.09 Å². The molecule has 0 heterocycles. The van der Waals surface area contributed by atoms with Crippen molar-refractivity contribution in [3.05, 3.63) is 0 Å². The Labute approximate surface area is 96.6 Å². The van der Waals surface area contributed by atoms with Gasteiger partial charge in [-0.2, -0.15) is 0 Å². The minimum absolute atomic E-state index is 0.0412. The topological polar surface area (TPSA) is 83.6 Å². The van der Waals surface area contributed by atoms with Gasteiger partial charge in [0.05, 0.1) is 0 Å². The largest absolute Gasteiger partial charge is 0.465 e. The molecular formula is C11H22N2O3. The molecular weight excluding hydrogens is 208 g/mol. The molecule has 0 saturated heterocycles. The van der Waals surface area contributed by atoms with Crippen LogP contribution in [0.5, 0.6) is 0 Å². The fourth-order valence-corrected chi connectivity index (χ4v) is 1.77. The van der Waals surface area contributed by atoms with Crippen LogP contribution in [0.15, 0.2) is 0 Å². The highest BCUT2D eigenvalue weighted by Crippen LogP contribution is 2.23. The molecule has 2 atom stereocenters. The zero-order chi connectivity index (χ0) is 12.9. The number of nitrogens with two attached hydrogens (primary N) is 1. The van der Waals surface area contributed by atoms with E-state index in [1.54, 1.807) is 0 Å². The molecule has 5 nitrogen and oxygen atoms in total. The summed E-state index contributed by atoms with van der Waals surface area (Å²) >= 11 is 0. The first-order valence-electron chi connectivity index (χ1n) is 5.41. The van der Waals surface area contributed by atoms with Gasteiger partial charge in [0, 0.05) is 18.0 Å². The number of aldehydes is 1. The van der Waals surface area contributed by atoms with Gasteiger partial charge in [0.2, 0.25) is 0 Å². The van der Waals surface area contributed by atoms with Gasteiger partial charge < -0.3 is 15.6 Å². The Bertz CT molecular complexity index is 248. The van der Waals surface area contributed by atoms with Gasteiger partial charge in [-0.1, -0.05) is 6.92 Å². The third kappa shape index (κ3) is 3.81. The summed E-state index contributed by atoms with van der Waals surface area (Å²) in [5.41, 5.74) is 5.01. The summed E-state index contributed by atoms with van der Waals surface area (Å²) in [5.74, 6) is -0.0412. The third-order valence-electron chi connectivity index (χ3n) is 2.63. The minimum Gasteiger partial charge on any atom is -0.465 e. The second-order valence-electron chi connectivity index (χ2n) is 5.01. The van der Waals surface area contributed by atoms with E-state index in [-0.39, 0.29) is 18.4 Å². The monoisotopic (exact) mass is 230 g/mol. The maximum Gasteiger partial charge on any atom is 0.408 e. The molecule has 16 heavy (non-hydrogen) atoms. The van der Waals surface area contributed by atoms with Crippen LogP contribution < -0.4 is 5.73 Å². The van der Waals surface area contributed by atoms with Gasteiger partial charge in [-0.05, 0) is 33.2 Å². The van der Waals surface area contributed by atoms with Gasteiger partial charge in [-0.25, -0.2) is 4.79 Å². The number of carboxylic acid groups (broad SMARTS) is 1. The second-order valence-corrected chi connectivity index (χ2v) is 5.01. The van der Waals surface area contributed by atoms with Crippen molar-refractivity contribution in [2.24, 2.45) is 11.7 Å². The molecule has 0 saturated carbocycles. The number of hydrogen-bond donors (Lipinski definition) is 2. The van der Waals surface area contributed by atoms with E-state index in [1.807, 2.05) is 27.7 Å². The summed E-state index contributed by atoms with van der Waals surface area (Å²) in [6.07, 6.45) is -0.0832. The van der Waals surface area contributed by atoms with Crippen LogP contribution in [0.2, 0.25) is 0 Å². The Kier molecular flexibility index (Phi) is 5.44. The van der Waals surface area contributed by atoms with Crippen LogP contribution in [-0.4, -0.2) is 40.5 Å². The lowest BCUT2D eigenvalue weighted by molar-refractivity contribution is -0.109. The molecule has 0 aromatic carbocycles. The van der Waals surface area contributed by atoms with Crippen molar-refractivity contribution in [3.8, 4) is 0 Å². The molecule has 1 amide bonds. The van der Waals surface area contributed by atoms with Crippen molar-refractivity contribution in [3.63, 3.8) is 0 Å². The van der Waals surface area contributed by atoms with E-state index in [9.17, 15) is 14.7 Å². The molecule has 0 unspecified atom stereocenters. The highest BCUT2D eigenvalue weighted by atomic mass is 16.4. The van der Waals surface area contributed by atoms with Crippen molar-refractivity contribution in [2.45, 2.75) is 45.7 Å². The third-order valence-corrected chi connectivity index (χ3v) is 2.63.